The van der Waals surface area contributed by atoms with Crippen LogP contribution in [0.2, 0.25) is 10.0 Å². The molecule has 1 fully saturated rings. The predicted molar refractivity (Wildman–Crippen MR) is 71.7 cm³/mol. The highest BCUT2D eigenvalue weighted by Crippen LogP contribution is 2.33. The Kier molecular flexibility index (Phi) is 4.11. The Hall–Kier alpha value is -0.530. The van der Waals surface area contributed by atoms with Crippen molar-refractivity contribution in [2.24, 2.45) is 11.8 Å². The molecule has 0 radical (unpaired) electrons. The van der Waals surface area contributed by atoms with E-state index in [-0.39, 0.29) is 11.8 Å². The highest BCUT2D eigenvalue weighted by atomic mass is 35.5. The first kappa shape index (κ1) is 12.9. The van der Waals surface area contributed by atoms with Gasteiger partial charge < -0.3 is 0 Å². The molecule has 0 aromatic heterocycles. The zero-order chi connectivity index (χ0) is 12.4. The molecular weight excluding hydrogens is 255 g/mol. The summed E-state index contributed by atoms with van der Waals surface area (Å²) < 4.78 is 0. The van der Waals surface area contributed by atoms with Gasteiger partial charge in [0.15, 0.2) is 0 Å². The molecule has 3 heteroatoms. The van der Waals surface area contributed by atoms with Gasteiger partial charge in [-0.1, -0.05) is 36.2 Å². The third-order valence-electron chi connectivity index (χ3n) is 3.64. The fourth-order valence-corrected chi connectivity index (χ4v) is 3.07. The maximum Gasteiger partial charge on any atom is 0.139 e. The fraction of sp³-hybridized carbons (Fsp3) is 0.500. The van der Waals surface area contributed by atoms with Crippen molar-refractivity contribution in [3.05, 3.63) is 33.8 Å². The van der Waals surface area contributed by atoms with Gasteiger partial charge in [0.2, 0.25) is 0 Å². The molecule has 0 bridgehead atoms. The molecule has 2 rings (SSSR count). The zero-order valence-electron chi connectivity index (χ0n) is 9.88. The van der Waals surface area contributed by atoms with Crippen LogP contribution in [0.3, 0.4) is 0 Å². The molecular formula is C14H16Cl2O. The first-order valence-corrected chi connectivity index (χ1v) is 6.85. The second kappa shape index (κ2) is 5.41. The average Bonchev–Trinajstić information content (AvgIpc) is 2.64. The van der Waals surface area contributed by atoms with Crippen molar-refractivity contribution in [2.75, 3.05) is 0 Å². The van der Waals surface area contributed by atoms with Crippen LogP contribution in [0, 0.1) is 11.8 Å². The number of carbonyl (C=O) groups is 1. The normalized spacial score (nSPS) is 24.3. The van der Waals surface area contributed by atoms with Crippen molar-refractivity contribution in [1.82, 2.24) is 0 Å². The number of hydrogen-bond donors (Lipinski definition) is 0. The van der Waals surface area contributed by atoms with Crippen molar-refractivity contribution in [1.29, 1.82) is 0 Å². The smallest absolute Gasteiger partial charge is 0.139 e. The van der Waals surface area contributed by atoms with Gasteiger partial charge in [-0.2, -0.15) is 0 Å². The van der Waals surface area contributed by atoms with Crippen LogP contribution in [0.4, 0.5) is 0 Å². The van der Waals surface area contributed by atoms with Crippen molar-refractivity contribution in [3.63, 3.8) is 0 Å². The first-order valence-electron chi connectivity index (χ1n) is 6.09. The summed E-state index contributed by atoms with van der Waals surface area (Å²) in [5.74, 6) is 0.836. The van der Waals surface area contributed by atoms with E-state index >= 15 is 0 Å². The van der Waals surface area contributed by atoms with Crippen molar-refractivity contribution in [2.45, 2.75) is 32.6 Å². The summed E-state index contributed by atoms with van der Waals surface area (Å²) in [4.78, 5) is 12.1. The molecule has 92 valence electrons. The molecule has 0 heterocycles. The van der Waals surface area contributed by atoms with Crippen LogP contribution in [-0.2, 0) is 11.2 Å². The Morgan fingerprint density at radius 1 is 1.24 bits per heavy atom. The molecule has 1 nitrogen and oxygen atoms in total. The minimum absolute atomic E-state index is 0.152. The summed E-state index contributed by atoms with van der Waals surface area (Å²) in [7, 11) is 0. The molecule has 0 amide bonds. The number of Topliss-reactive ketones (excluding diaryl/α,β-unsaturated/α-hetero) is 1. The fourth-order valence-electron chi connectivity index (χ4n) is 2.58. The van der Waals surface area contributed by atoms with Crippen LogP contribution in [-0.4, -0.2) is 5.78 Å². The monoisotopic (exact) mass is 270 g/mol. The summed E-state index contributed by atoms with van der Waals surface area (Å²) in [5.41, 5.74) is 1.03. The lowest BCUT2D eigenvalue weighted by molar-refractivity contribution is -0.123. The molecule has 2 atom stereocenters. The molecule has 1 aromatic carbocycles. The van der Waals surface area contributed by atoms with Gasteiger partial charge in [-0.3, -0.25) is 4.79 Å². The van der Waals surface area contributed by atoms with Gasteiger partial charge in [-0.05, 0) is 43.4 Å². The lowest BCUT2D eigenvalue weighted by Crippen LogP contribution is -2.15. The van der Waals surface area contributed by atoms with E-state index in [0.717, 1.165) is 31.2 Å². The lowest BCUT2D eigenvalue weighted by atomic mass is 9.94. The predicted octanol–water partition coefficient (Wildman–Crippen LogP) is 4.54. The van der Waals surface area contributed by atoms with E-state index < -0.39 is 0 Å². The van der Waals surface area contributed by atoms with Gasteiger partial charge in [0.25, 0.3) is 0 Å². The molecule has 2 unspecified atom stereocenters. The third-order valence-corrected chi connectivity index (χ3v) is 4.23. The summed E-state index contributed by atoms with van der Waals surface area (Å²) >= 11 is 12.0. The standard InChI is InChI=1S/C14H16Cl2O/c1-2-9-3-4-11(14(9)17)7-10-5-6-12(15)8-13(10)16/h5-6,8-9,11H,2-4,7H2,1H3. The number of hydrogen-bond acceptors (Lipinski definition) is 1. The third kappa shape index (κ3) is 2.83. The minimum atomic E-state index is 0.152. The summed E-state index contributed by atoms with van der Waals surface area (Å²) in [6, 6.07) is 5.51. The summed E-state index contributed by atoms with van der Waals surface area (Å²) in [6.07, 6.45) is 3.75. The van der Waals surface area contributed by atoms with E-state index in [1.807, 2.05) is 12.1 Å². The Balaban J connectivity index is 2.09. The van der Waals surface area contributed by atoms with Crippen LogP contribution in [0.25, 0.3) is 0 Å². The van der Waals surface area contributed by atoms with E-state index in [1.54, 1.807) is 6.07 Å². The molecule has 0 N–H and O–H groups in total. The molecule has 1 aromatic rings. The Labute approximate surface area is 112 Å². The molecule has 1 aliphatic rings. The molecule has 1 saturated carbocycles. The van der Waals surface area contributed by atoms with Gasteiger partial charge in [0.05, 0.1) is 0 Å². The topological polar surface area (TPSA) is 17.1 Å². The first-order chi connectivity index (χ1) is 8.11. The van der Waals surface area contributed by atoms with Crippen LogP contribution in [0.1, 0.15) is 31.7 Å². The Morgan fingerprint density at radius 2 is 1.94 bits per heavy atom. The van der Waals surface area contributed by atoms with Gasteiger partial charge >= 0.3 is 0 Å². The van der Waals surface area contributed by atoms with Crippen molar-refractivity contribution >= 4 is 29.0 Å². The van der Waals surface area contributed by atoms with Crippen LogP contribution in [0.5, 0.6) is 0 Å². The highest BCUT2D eigenvalue weighted by Gasteiger charge is 2.32. The molecule has 17 heavy (non-hydrogen) atoms. The number of rotatable bonds is 3. The van der Waals surface area contributed by atoms with E-state index in [9.17, 15) is 4.79 Å². The van der Waals surface area contributed by atoms with Gasteiger partial charge in [0, 0.05) is 21.9 Å². The molecule has 1 aliphatic carbocycles. The van der Waals surface area contributed by atoms with Crippen LogP contribution < -0.4 is 0 Å². The lowest BCUT2D eigenvalue weighted by Gasteiger charge is -2.11. The van der Waals surface area contributed by atoms with Crippen LogP contribution in [0.15, 0.2) is 18.2 Å². The second-order valence-electron chi connectivity index (χ2n) is 4.72. The maximum atomic E-state index is 12.1. The van der Waals surface area contributed by atoms with E-state index in [2.05, 4.69) is 6.92 Å². The summed E-state index contributed by atoms with van der Waals surface area (Å²) in [5, 5.41) is 1.31. The number of halogens is 2. The van der Waals surface area contributed by atoms with Gasteiger partial charge in [-0.15, -0.1) is 0 Å². The molecule has 0 saturated heterocycles. The summed E-state index contributed by atoms with van der Waals surface area (Å²) in [6.45, 7) is 2.08. The SMILES string of the molecule is CCC1CCC(Cc2ccc(Cl)cc2Cl)C1=O. The Bertz CT molecular complexity index is 428. The van der Waals surface area contributed by atoms with Crippen molar-refractivity contribution in [3.8, 4) is 0 Å². The van der Waals surface area contributed by atoms with E-state index in [4.69, 9.17) is 23.2 Å². The van der Waals surface area contributed by atoms with Crippen LogP contribution >= 0.6 is 23.2 Å². The molecule has 0 aliphatic heterocycles. The second-order valence-corrected chi connectivity index (χ2v) is 5.57. The van der Waals surface area contributed by atoms with Crippen molar-refractivity contribution < 1.29 is 4.79 Å². The van der Waals surface area contributed by atoms with Gasteiger partial charge in [0.1, 0.15) is 5.78 Å². The average molecular weight is 271 g/mol. The highest BCUT2D eigenvalue weighted by molar-refractivity contribution is 6.35. The quantitative estimate of drug-likeness (QED) is 0.788. The number of carbonyl (C=O) groups excluding carboxylic acids is 1. The zero-order valence-corrected chi connectivity index (χ0v) is 11.4. The Morgan fingerprint density at radius 3 is 2.53 bits per heavy atom. The maximum absolute atomic E-state index is 12.1. The minimum Gasteiger partial charge on any atom is -0.299 e. The van der Waals surface area contributed by atoms with E-state index in [0.29, 0.717) is 15.8 Å². The molecule has 0 spiro atoms. The van der Waals surface area contributed by atoms with E-state index in [1.165, 1.54) is 0 Å². The number of ketones is 1. The number of benzene rings is 1. The largest absolute Gasteiger partial charge is 0.299 e. The van der Waals surface area contributed by atoms with Gasteiger partial charge in [-0.25, -0.2) is 0 Å².